The molecule has 6 aromatic heterocycles. The van der Waals surface area contributed by atoms with Crippen molar-refractivity contribution in [1.82, 2.24) is 8.80 Å². The lowest BCUT2D eigenvalue weighted by atomic mass is 10.0. The SMILES string of the molecule is Cc1ccccc1N(c1ccc2c3cccc4c5cc6c(cc5n(c2c1)c34)c1cccc2c3ccc(N(c4ccccc4C)c4cccc5c4oc4ccccc45)cc3n6c21)c1cccc2c1oc1ccccc12. The predicted molar refractivity (Wildman–Crippen MR) is 309 cm³/mol. The van der Waals surface area contributed by atoms with Crippen molar-refractivity contribution in [3.05, 3.63) is 230 Å². The molecule has 0 unspecified atom stereocenters. The van der Waals surface area contributed by atoms with Gasteiger partial charge in [-0.3, -0.25) is 0 Å². The standard InChI is InChI=1S/C68H42N4O2/c1-39-15-3-7-25-55(39)69(57-27-13-23-51-45-17-5-9-29-63(45)73-67(51)57)41-31-33-43-47-19-11-21-49-53-38-62-54(37-61(53)71(65(47)49)59(43)35-41)50-22-12-20-48-44-34-32-42(36-60(44)72(62)66(48)50)70(56-26-8-4-16-40(56)2)58-28-14-24-52-46-18-6-10-30-64(46)74-68(52)58/h3-38H,1-2H3. The van der Waals surface area contributed by atoms with Crippen LogP contribution in [0.15, 0.2) is 227 Å². The number of hydrogen-bond acceptors (Lipinski definition) is 4. The van der Waals surface area contributed by atoms with E-state index in [4.69, 9.17) is 8.83 Å². The molecule has 6 heterocycles. The third-order valence-corrected chi connectivity index (χ3v) is 16.2. The molecule has 0 N–H and O–H groups in total. The topological polar surface area (TPSA) is 41.6 Å². The Morgan fingerprint density at radius 1 is 0.284 bits per heavy atom. The zero-order valence-electron chi connectivity index (χ0n) is 40.4. The molecule has 0 bridgehead atoms. The van der Waals surface area contributed by atoms with Crippen LogP contribution in [0.3, 0.4) is 0 Å². The van der Waals surface area contributed by atoms with Gasteiger partial charge in [-0.1, -0.05) is 146 Å². The minimum absolute atomic E-state index is 0.870. The molecule has 0 aliphatic carbocycles. The highest BCUT2D eigenvalue weighted by molar-refractivity contribution is 6.29. The van der Waals surface area contributed by atoms with E-state index in [1.165, 1.54) is 87.3 Å². The molecular weight excluding hydrogens is 905 g/mol. The van der Waals surface area contributed by atoms with E-state index in [1.54, 1.807) is 0 Å². The molecule has 0 saturated heterocycles. The van der Waals surface area contributed by atoms with Gasteiger partial charge in [-0.25, -0.2) is 0 Å². The first-order chi connectivity index (χ1) is 36.6. The van der Waals surface area contributed by atoms with Gasteiger partial charge in [0.05, 0.1) is 44.5 Å². The largest absolute Gasteiger partial charge is 0.454 e. The summed E-state index contributed by atoms with van der Waals surface area (Å²) in [5.41, 5.74) is 19.4. The van der Waals surface area contributed by atoms with Crippen molar-refractivity contribution in [2.24, 2.45) is 0 Å². The molecule has 0 fully saturated rings. The highest BCUT2D eigenvalue weighted by atomic mass is 16.3. The fourth-order valence-electron chi connectivity index (χ4n) is 13.0. The molecule has 0 aliphatic heterocycles. The van der Waals surface area contributed by atoms with E-state index < -0.39 is 0 Å². The Bertz CT molecular complexity index is 4880. The molecule has 74 heavy (non-hydrogen) atoms. The van der Waals surface area contributed by atoms with Crippen molar-refractivity contribution in [3.8, 4) is 0 Å². The van der Waals surface area contributed by atoms with Gasteiger partial charge >= 0.3 is 0 Å². The second-order valence-electron chi connectivity index (χ2n) is 20.1. The van der Waals surface area contributed by atoms with Gasteiger partial charge in [0, 0.05) is 87.4 Å². The van der Waals surface area contributed by atoms with E-state index >= 15 is 0 Å². The number of hydrogen-bond donors (Lipinski definition) is 0. The van der Waals surface area contributed by atoms with E-state index in [9.17, 15) is 0 Å². The van der Waals surface area contributed by atoms with Crippen molar-refractivity contribution < 1.29 is 8.83 Å². The van der Waals surface area contributed by atoms with Crippen LogP contribution in [0.4, 0.5) is 34.1 Å². The lowest BCUT2D eigenvalue weighted by Crippen LogP contribution is -2.11. The van der Waals surface area contributed by atoms with Gasteiger partial charge in [-0.2, -0.15) is 0 Å². The van der Waals surface area contributed by atoms with Crippen molar-refractivity contribution >= 4 is 154 Å². The zero-order valence-corrected chi connectivity index (χ0v) is 40.4. The number of benzene rings is 11. The molecule has 0 saturated carbocycles. The molecule has 6 nitrogen and oxygen atoms in total. The molecule has 0 spiro atoms. The summed E-state index contributed by atoms with van der Waals surface area (Å²) < 4.78 is 18.5. The van der Waals surface area contributed by atoms with Crippen LogP contribution in [0.1, 0.15) is 11.1 Å². The van der Waals surface area contributed by atoms with E-state index in [0.29, 0.717) is 0 Å². The van der Waals surface area contributed by atoms with Crippen LogP contribution in [0.2, 0.25) is 0 Å². The summed E-state index contributed by atoms with van der Waals surface area (Å²) in [6.45, 7) is 4.38. The van der Waals surface area contributed by atoms with Crippen molar-refractivity contribution in [2.75, 3.05) is 9.80 Å². The highest BCUT2D eigenvalue weighted by Crippen LogP contribution is 2.50. The van der Waals surface area contributed by atoms with Gasteiger partial charge < -0.3 is 27.4 Å². The summed E-state index contributed by atoms with van der Waals surface area (Å²) >= 11 is 0. The van der Waals surface area contributed by atoms with Crippen LogP contribution in [0.25, 0.3) is 120 Å². The quantitative estimate of drug-likeness (QED) is 0.167. The number of para-hydroxylation sites is 8. The fraction of sp³-hybridized carbons (Fsp3) is 0.0294. The Hall–Kier alpha value is -9.78. The first kappa shape index (κ1) is 39.9. The van der Waals surface area contributed by atoms with E-state index in [2.05, 4.69) is 239 Å². The van der Waals surface area contributed by atoms with Crippen LogP contribution in [-0.2, 0) is 0 Å². The number of rotatable bonds is 6. The molecular formula is C68H42N4O2. The summed E-state index contributed by atoms with van der Waals surface area (Å²) in [4.78, 5) is 4.77. The van der Waals surface area contributed by atoms with Crippen molar-refractivity contribution in [1.29, 1.82) is 0 Å². The maximum absolute atomic E-state index is 6.73. The molecule has 0 aliphatic rings. The first-order valence-electron chi connectivity index (χ1n) is 25.4. The summed E-state index contributed by atoms with van der Waals surface area (Å²) in [6, 6.07) is 79.6. The summed E-state index contributed by atoms with van der Waals surface area (Å²) in [5.74, 6) is 0. The Morgan fingerprint density at radius 2 is 0.635 bits per heavy atom. The zero-order chi connectivity index (χ0) is 48.5. The molecule has 0 atom stereocenters. The molecule has 346 valence electrons. The Morgan fingerprint density at radius 3 is 1.09 bits per heavy atom. The molecule has 0 amide bonds. The Kier molecular flexibility index (Phi) is 7.78. The van der Waals surface area contributed by atoms with Gasteiger partial charge in [0.1, 0.15) is 11.2 Å². The van der Waals surface area contributed by atoms with Crippen LogP contribution in [0, 0.1) is 13.8 Å². The number of aromatic nitrogens is 2. The molecule has 0 radical (unpaired) electrons. The van der Waals surface area contributed by atoms with E-state index in [1.807, 2.05) is 12.1 Å². The van der Waals surface area contributed by atoms with Crippen molar-refractivity contribution in [2.45, 2.75) is 13.8 Å². The van der Waals surface area contributed by atoms with Crippen LogP contribution in [0.5, 0.6) is 0 Å². The van der Waals surface area contributed by atoms with Gasteiger partial charge in [0.2, 0.25) is 0 Å². The Balaban J connectivity index is 0.912. The lowest BCUT2D eigenvalue weighted by Gasteiger charge is -2.27. The van der Waals surface area contributed by atoms with Gasteiger partial charge in [-0.05, 0) is 97.8 Å². The second kappa shape index (κ2) is 14.4. The number of aryl methyl sites for hydroxylation is 2. The maximum atomic E-state index is 6.73. The number of anilines is 6. The summed E-state index contributed by atoms with van der Waals surface area (Å²) in [7, 11) is 0. The van der Waals surface area contributed by atoms with E-state index in [-0.39, 0.29) is 0 Å². The molecule has 11 aromatic carbocycles. The summed E-state index contributed by atoms with van der Waals surface area (Å²) in [6.07, 6.45) is 0. The molecule has 17 aromatic rings. The maximum Gasteiger partial charge on any atom is 0.159 e. The number of nitrogens with zero attached hydrogens (tertiary/aromatic N) is 4. The van der Waals surface area contributed by atoms with Crippen LogP contribution < -0.4 is 9.80 Å². The van der Waals surface area contributed by atoms with Crippen LogP contribution >= 0.6 is 0 Å². The average Bonchev–Trinajstić information content (AvgIpc) is 4.30. The first-order valence-corrected chi connectivity index (χ1v) is 25.4. The lowest BCUT2D eigenvalue weighted by molar-refractivity contribution is 0.668. The molecule has 17 rings (SSSR count). The predicted octanol–water partition coefficient (Wildman–Crippen LogP) is 19.3. The van der Waals surface area contributed by atoms with Gasteiger partial charge in [0.25, 0.3) is 0 Å². The van der Waals surface area contributed by atoms with Crippen LogP contribution in [-0.4, -0.2) is 8.80 Å². The summed E-state index contributed by atoms with van der Waals surface area (Å²) in [5, 5.41) is 14.3. The minimum Gasteiger partial charge on any atom is -0.454 e. The number of furan rings is 2. The highest BCUT2D eigenvalue weighted by Gasteiger charge is 2.27. The third kappa shape index (κ3) is 5.18. The van der Waals surface area contributed by atoms with E-state index in [0.717, 1.165) is 78.0 Å². The fourth-order valence-corrected chi connectivity index (χ4v) is 13.0. The third-order valence-electron chi connectivity index (χ3n) is 16.2. The normalized spacial score (nSPS) is 12.5. The Labute approximate surface area is 423 Å². The van der Waals surface area contributed by atoms with Gasteiger partial charge in [-0.15, -0.1) is 0 Å². The number of fused-ring (bicyclic) bond motifs is 18. The van der Waals surface area contributed by atoms with Crippen molar-refractivity contribution in [3.63, 3.8) is 0 Å². The minimum atomic E-state index is 0.870. The molecule has 6 heteroatoms. The second-order valence-corrected chi connectivity index (χ2v) is 20.1. The smallest absolute Gasteiger partial charge is 0.159 e. The monoisotopic (exact) mass is 946 g/mol. The van der Waals surface area contributed by atoms with Gasteiger partial charge in [0.15, 0.2) is 11.2 Å². The average molecular weight is 947 g/mol.